The van der Waals surface area contributed by atoms with Gasteiger partial charge in [-0.15, -0.1) is 0 Å². The summed E-state index contributed by atoms with van der Waals surface area (Å²) < 4.78 is 0. The van der Waals surface area contributed by atoms with Crippen LogP contribution >= 0.6 is 0 Å². The Hall–Kier alpha value is -3.39. The molecule has 0 atom stereocenters. The molecule has 0 unspecified atom stereocenters. The second kappa shape index (κ2) is 9.18. The average molecular weight is 413 g/mol. The number of hydrogen-bond donors (Lipinski definition) is 2. The smallest absolute Gasteiger partial charge is 0.253 e. The van der Waals surface area contributed by atoms with Gasteiger partial charge in [-0.3, -0.25) is 9.78 Å². The van der Waals surface area contributed by atoms with E-state index in [1.165, 1.54) is 5.56 Å². The molecule has 3 aromatic rings. The number of aromatic nitrogens is 2. The lowest BCUT2D eigenvalue weighted by atomic mass is 9.79. The minimum atomic E-state index is -0.0457. The predicted molar refractivity (Wildman–Crippen MR) is 122 cm³/mol. The number of benzene rings is 1. The second-order valence-corrected chi connectivity index (χ2v) is 8.59. The fourth-order valence-electron chi connectivity index (χ4n) is 4.56. The molecule has 0 aliphatic heterocycles. The highest BCUT2D eigenvalue weighted by atomic mass is 16.1. The summed E-state index contributed by atoms with van der Waals surface area (Å²) in [7, 11) is 0. The predicted octanol–water partition coefficient (Wildman–Crippen LogP) is 5.27. The number of nitrogens with zero attached hydrogens (tertiary/aromatic N) is 2. The maximum Gasteiger partial charge on any atom is 0.253 e. The minimum absolute atomic E-state index is 0.0457. The number of hydrogen-bond acceptors (Lipinski definition) is 3. The Morgan fingerprint density at radius 2 is 1.87 bits per heavy atom. The van der Waals surface area contributed by atoms with Crippen molar-refractivity contribution in [2.45, 2.75) is 45.4 Å². The summed E-state index contributed by atoms with van der Waals surface area (Å²) in [6.45, 7) is 4.70. The van der Waals surface area contributed by atoms with Crippen LogP contribution in [0.15, 0.2) is 48.7 Å². The van der Waals surface area contributed by atoms with E-state index < -0.39 is 0 Å². The van der Waals surface area contributed by atoms with Crippen molar-refractivity contribution in [2.75, 3.05) is 6.54 Å². The molecule has 4 rings (SSSR count). The standard InChI is InChI=1S/C26H28N4O/c1-17-13-23(11-12-28-17)21-7-5-20(6-8-21)16-29-26(31)24-14-18(2)30-25(24)22-9-3-19(15-27)4-10-22/h3-4,9-14,20-21,30H,5-8,16H2,1-2H3,(H,29,31). The third-order valence-electron chi connectivity index (χ3n) is 6.29. The van der Waals surface area contributed by atoms with Crippen LogP contribution in [0.2, 0.25) is 0 Å². The number of H-pyrrole nitrogens is 1. The average Bonchev–Trinajstić information content (AvgIpc) is 3.19. The molecule has 1 aliphatic rings. The number of rotatable bonds is 5. The monoisotopic (exact) mass is 412 g/mol. The van der Waals surface area contributed by atoms with Gasteiger partial charge in [0, 0.05) is 24.1 Å². The number of nitriles is 1. The molecule has 1 fully saturated rings. The second-order valence-electron chi connectivity index (χ2n) is 8.59. The van der Waals surface area contributed by atoms with Gasteiger partial charge in [0.25, 0.3) is 5.91 Å². The van der Waals surface area contributed by atoms with Crippen molar-refractivity contribution < 1.29 is 4.79 Å². The third-order valence-corrected chi connectivity index (χ3v) is 6.29. The Balaban J connectivity index is 1.36. The van der Waals surface area contributed by atoms with Crippen molar-refractivity contribution in [1.29, 1.82) is 5.26 Å². The summed E-state index contributed by atoms with van der Waals surface area (Å²) >= 11 is 0. The number of pyridine rings is 1. The number of carbonyl (C=O) groups is 1. The van der Waals surface area contributed by atoms with E-state index in [9.17, 15) is 4.79 Å². The Morgan fingerprint density at radius 1 is 1.13 bits per heavy atom. The third kappa shape index (κ3) is 4.86. The van der Waals surface area contributed by atoms with Gasteiger partial charge >= 0.3 is 0 Å². The maximum atomic E-state index is 13.0. The van der Waals surface area contributed by atoms with Crippen LogP contribution in [0.25, 0.3) is 11.3 Å². The molecule has 1 aliphatic carbocycles. The first-order valence-corrected chi connectivity index (χ1v) is 10.9. The molecule has 0 radical (unpaired) electrons. The molecular formula is C26H28N4O. The quantitative estimate of drug-likeness (QED) is 0.599. The normalized spacial score (nSPS) is 18.4. The zero-order valence-electron chi connectivity index (χ0n) is 18.1. The number of amides is 1. The van der Waals surface area contributed by atoms with Crippen molar-refractivity contribution in [3.8, 4) is 17.3 Å². The van der Waals surface area contributed by atoms with Gasteiger partial charge in [-0.1, -0.05) is 12.1 Å². The van der Waals surface area contributed by atoms with Crippen molar-refractivity contribution >= 4 is 5.91 Å². The first-order valence-electron chi connectivity index (χ1n) is 10.9. The minimum Gasteiger partial charge on any atom is -0.358 e. The summed E-state index contributed by atoms with van der Waals surface area (Å²) in [6.07, 6.45) is 6.47. The fourth-order valence-corrected chi connectivity index (χ4v) is 4.56. The van der Waals surface area contributed by atoms with E-state index in [1.54, 1.807) is 12.1 Å². The van der Waals surface area contributed by atoms with E-state index in [-0.39, 0.29) is 5.91 Å². The van der Waals surface area contributed by atoms with Crippen LogP contribution in [0.4, 0.5) is 0 Å². The van der Waals surface area contributed by atoms with Crippen LogP contribution in [0.1, 0.15) is 64.5 Å². The SMILES string of the molecule is Cc1cc(C2CCC(CNC(=O)c3cc(C)[nH]c3-c3ccc(C#N)cc3)CC2)ccn1. The van der Waals surface area contributed by atoms with Gasteiger partial charge < -0.3 is 10.3 Å². The molecule has 2 N–H and O–H groups in total. The highest BCUT2D eigenvalue weighted by Crippen LogP contribution is 2.35. The van der Waals surface area contributed by atoms with Gasteiger partial charge in [-0.25, -0.2) is 0 Å². The molecule has 31 heavy (non-hydrogen) atoms. The Bertz CT molecular complexity index is 1100. The molecule has 0 bridgehead atoms. The molecule has 0 saturated heterocycles. The van der Waals surface area contributed by atoms with Gasteiger partial charge in [-0.2, -0.15) is 5.26 Å². The number of aromatic amines is 1. The lowest BCUT2D eigenvalue weighted by Crippen LogP contribution is -2.31. The lowest BCUT2D eigenvalue weighted by Gasteiger charge is -2.29. The van der Waals surface area contributed by atoms with Crippen molar-refractivity contribution in [2.24, 2.45) is 5.92 Å². The molecule has 158 valence electrons. The molecule has 5 heteroatoms. The summed E-state index contributed by atoms with van der Waals surface area (Å²) in [4.78, 5) is 20.5. The Labute approximate surface area is 183 Å². The lowest BCUT2D eigenvalue weighted by molar-refractivity contribution is 0.0943. The van der Waals surface area contributed by atoms with E-state index in [0.29, 0.717) is 29.5 Å². The maximum absolute atomic E-state index is 13.0. The van der Waals surface area contributed by atoms with Crippen LogP contribution < -0.4 is 5.32 Å². The van der Waals surface area contributed by atoms with Gasteiger partial charge in [0.1, 0.15) is 0 Å². The highest BCUT2D eigenvalue weighted by molar-refractivity contribution is 6.00. The number of carbonyl (C=O) groups excluding carboxylic acids is 1. The Morgan fingerprint density at radius 3 is 2.55 bits per heavy atom. The van der Waals surface area contributed by atoms with Crippen LogP contribution in [0, 0.1) is 31.1 Å². The first kappa shape index (κ1) is 20.9. The van der Waals surface area contributed by atoms with E-state index in [0.717, 1.165) is 48.3 Å². The molecule has 2 aromatic heterocycles. The zero-order chi connectivity index (χ0) is 21.8. The number of aryl methyl sites for hydroxylation is 2. The van der Waals surface area contributed by atoms with E-state index in [1.807, 2.05) is 38.2 Å². The van der Waals surface area contributed by atoms with Gasteiger partial charge in [0.05, 0.1) is 22.9 Å². The van der Waals surface area contributed by atoms with Gasteiger partial charge in [-0.05, 0) is 92.8 Å². The van der Waals surface area contributed by atoms with Crippen LogP contribution in [0.5, 0.6) is 0 Å². The topological polar surface area (TPSA) is 81.6 Å². The summed E-state index contributed by atoms with van der Waals surface area (Å²) in [6, 6.07) is 15.7. The van der Waals surface area contributed by atoms with Crippen LogP contribution in [0.3, 0.4) is 0 Å². The van der Waals surface area contributed by atoms with Crippen LogP contribution in [-0.4, -0.2) is 22.4 Å². The molecule has 2 heterocycles. The van der Waals surface area contributed by atoms with Crippen LogP contribution in [-0.2, 0) is 0 Å². The highest BCUT2D eigenvalue weighted by Gasteiger charge is 2.24. The largest absolute Gasteiger partial charge is 0.358 e. The summed E-state index contributed by atoms with van der Waals surface area (Å²) in [5, 5.41) is 12.2. The molecular weight excluding hydrogens is 384 g/mol. The molecule has 5 nitrogen and oxygen atoms in total. The summed E-state index contributed by atoms with van der Waals surface area (Å²) in [5.41, 5.74) is 6.38. The van der Waals surface area contributed by atoms with Crippen molar-refractivity contribution in [3.63, 3.8) is 0 Å². The molecule has 1 amide bonds. The van der Waals surface area contributed by atoms with Gasteiger partial charge in [0.15, 0.2) is 0 Å². The van der Waals surface area contributed by atoms with Gasteiger partial charge in [0.2, 0.25) is 0 Å². The number of nitrogens with one attached hydrogen (secondary N) is 2. The first-order chi connectivity index (χ1) is 15.0. The zero-order valence-corrected chi connectivity index (χ0v) is 18.1. The molecule has 0 spiro atoms. The van der Waals surface area contributed by atoms with E-state index in [2.05, 4.69) is 33.5 Å². The van der Waals surface area contributed by atoms with Crippen molar-refractivity contribution in [3.05, 3.63) is 76.7 Å². The fraction of sp³-hybridized carbons (Fsp3) is 0.346. The van der Waals surface area contributed by atoms with E-state index >= 15 is 0 Å². The Kier molecular flexibility index (Phi) is 6.18. The summed E-state index contributed by atoms with van der Waals surface area (Å²) in [5.74, 6) is 1.07. The van der Waals surface area contributed by atoms with E-state index in [4.69, 9.17) is 5.26 Å². The van der Waals surface area contributed by atoms with Crippen molar-refractivity contribution in [1.82, 2.24) is 15.3 Å². The molecule has 1 aromatic carbocycles. The molecule has 1 saturated carbocycles.